The van der Waals surface area contributed by atoms with Crippen LogP contribution in [-0.4, -0.2) is 24.1 Å². The molecule has 2 aliphatic carbocycles. The summed E-state index contributed by atoms with van der Waals surface area (Å²) < 4.78 is 0. The maximum Gasteiger partial charge on any atom is 0.185 e. The van der Waals surface area contributed by atoms with Crippen molar-refractivity contribution in [2.75, 3.05) is 18.0 Å². The van der Waals surface area contributed by atoms with Gasteiger partial charge in [0.1, 0.15) is 0 Å². The second-order valence-electron chi connectivity index (χ2n) is 5.61. The first-order valence-corrected chi connectivity index (χ1v) is 8.10. The molecule has 3 nitrogen and oxygen atoms in total. The lowest BCUT2D eigenvalue weighted by molar-refractivity contribution is 0.681. The van der Waals surface area contributed by atoms with Crippen LogP contribution in [0.2, 0.25) is 0 Å². The Bertz CT molecular complexity index is 382. The fraction of sp³-hybridized carbons (Fsp3) is 0.786. The van der Waals surface area contributed by atoms with Crippen molar-refractivity contribution in [2.24, 2.45) is 5.92 Å². The normalized spacial score (nSPS) is 19.2. The summed E-state index contributed by atoms with van der Waals surface area (Å²) in [5, 5.41) is 4.72. The monoisotopic (exact) mass is 265 g/mol. The quantitative estimate of drug-likeness (QED) is 0.732. The summed E-state index contributed by atoms with van der Waals surface area (Å²) in [5.41, 5.74) is 0. The van der Waals surface area contributed by atoms with Gasteiger partial charge in [-0.1, -0.05) is 6.92 Å². The molecule has 1 aromatic rings. The van der Waals surface area contributed by atoms with Crippen molar-refractivity contribution in [3.05, 3.63) is 11.1 Å². The molecule has 0 spiro atoms. The molecule has 0 radical (unpaired) electrons. The molecule has 0 bridgehead atoms. The molecule has 1 N–H and O–H groups in total. The molecule has 3 rings (SSSR count). The number of nitrogens with zero attached hydrogens (tertiary/aromatic N) is 2. The van der Waals surface area contributed by atoms with Gasteiger partial charge in [0.25, 0.3) is 0 Å². The van der Waals surface area contributed by atoms with E-state index in [4.69, 9.17) is 0 Å². The average molecular weight is 265 g/mol. The Labute approximate surface area is 114 Å². The van der Waals surface area contributed by atoms with Gasteiger partial charge in [-0.3, -0.25) is 0 Å². The van der Waals surface area contributed by atoms with Crippen LogP contribution in [0.4, 0.5) is 5.13 Å². The minimum absolute atomic E-state index is 0.799. The molecule has 2 fully saturated rings. The predicted octanol–water partition coefficient (Wildman–Crippen LogP) is 3.02. The van der Waals surface area contributed by atoms with E-state index in [9.17, 15) is 0 Å². The van der Waals surface area contributed by atoms with Crippen molar-refractivity contribution in [3.8, 4) is 0 Å². The number of rotatable bonds is 8. The number of hydrogen-bond donors (Lipinski definition) is 1. The topological polar surface area (TPSA) is 28.2 Å². The molecule has 100 valence electrons. The van der Waals surface area contributed by atoms with E-state index in [-0.39, 0.29) is 0 Å². The van der Waals surface area contributed by atoms with Crippen LogP contribution in [0.1, 0.15) is 43.9 Å². The van der Waals surface area contributed by atoms with Gasteiger partial charge in [0.05, 0.1) is 0 Å². The Kier molecular flexibility index (Phi) is 3.85. The molecular formula is C14H23N3S. The molecule has 1 aromatic heterocycles. The molecule has 2 aliphatic rings. The zero-order chi connectivity index (χ0) is 12.4. The first kappa shape index (κ1) is 12.4. The molecule has 4 heteroatoms. The first-order chi connectivity index (χ1) is 8.86. The maximum absolute atomic E-state index is 4.64. The van der Waals surface area contributed by atoms with E-state index in [0.29, 0.717) is 0 Å². The lowest BCUT2D eigenvalue weighted by Gasteiger charge is -2.21. The summed E-state index contributed by atoms with van der Waals surface area (Å²) in [6.07, 6.45) is 8.86. The number of nitrogens with one attached hydrogen (secondary N) is 1. The molecule has 0 unspecified atom stereocenters. The highest BCUT2D eigenvalue weighted by Gasteiger charge is 2.35. The zero-order valence-corrected chi connectivity index (χ0v) is 12.0. The van der Waals surface area contributed by atoms with E-state index >= 15 is 0 Å². The number of thiazole rings is 1. The third-order valence-electron chi connectivity index (χ3n) is 3.65. The van der Waals surface area contributed by atoms with E-state index in [1.807, 2.05) is 11.3 Å². The second-order valence-corrected chi connectivity index (χ2v) is 6.71. The third-order valence-corrected chi connectivity index (χ3v) is 4.69. The van der Waals surface area contributed by atoms with E-state index < -0.39 is 0 Å². The first-order valence-electron chi connectivity index (χ1n) is 7.29. The molecule has 0 aliphatic heterocycles. The van der Waals surface area contributed by atoms with Gasteiger partial charge in [-0.25, -0.2) is 4.98 Å². The van der Waals surface area contributed by atoms with Gasteiger partial charge in [0.2, 0.25) is 0 Å². The Balaban J connectivity index is 1.58. The van der Waals surface area contributed by atoms with Crippen molar-refractivity contribution in [3.63, 3.8) is 0 Å². The van der Waals surface area contributed by atoms with Gasteiger partial charge in [0.15, 0.2) is 5.13 Å². The zero-order valence-electron chi connectivity index (χ0n) is 11.2. The minimum Gasteiger partial charge on any atom is -0.345 e. The number of hydrogen-bond acceptors (Lipinski definition) is 4. The van der Waals surface area contributed by atoms with Gasteiger partial charge in [-0.15, -0.1) is 11.3 Å². The van der Waals surface area contributed by atoms with Crippen molar-refractivity contribution in [2.45, 2.75) is 51.6 Å². The van der Waals surface area contributed by atoms with Gasteiger partial charge < -0.3 is 10.2 Å². The van der Waals surface area contributed by atoms with Crippen LogP contribution in [0.15, 0.2) is 6.20 Å². The largest absolute Gasteiger partial charge is 0.345 e. The summed E-state index contributed by atoms with van der Waals surface area (Å²) in [6.45, 7) is 5.53. The Morgan fingerprint density at radius 3 is 2.89 bits per heavy atom. The minimum atomic E-state index is 0.799. The van der Waals surface area contributed by atoms with Crippen LogP contribution < -0.4 is 10.2 Å². The van der Waals surface area contributed by atoms with Gasteiger partial charge >= 0.3 is 0 Å². The summed E-state index contributed by atoms with van der Waals surface area (Å²) in [5.74, 6) is 0.955. The van der Waals surface area contributed by atoms with E-state index in [2.05, 4.69) is 28.3 Å². The predicted molar refractivity (Wildman–Crippen MR) is 77.2 cm³/mol. The lowest BCUT2D eigenvalue weighted by Crippen LogP contribution is -2.27. The molecule has 0 amide bonds. The van der Waals surface area contributed by atoms with Crippen LogP contribution >= 0.6 is 11.3 Å². The van der Waals surface area contributed by atoms with Crippen LogP contribution in [0.25, 0.3) is 0 Å². The molecule has 0 aromatic carbocycles. The highest BCUT2D eigenvalue weighted by Crippen LogP contribution is 2.38. The molecule has 18 heavy (non-hydrogen) atoms. The van der Waals surface area contributed by atoms with Crippen molar-refractivity contribution in [1.29, 1.82) is 0 Å². The average Bonchev–Trinajstić information content (AvgIpc) is 3.27. The SMILES string of the molecule is CCCNCc1cnc(N(CC2CC2)C2CC2)s1. The van der Waals surface area contributed by atoms with Gasteiger partial charge in [-0.05, 0) is 44.6 Å². The standard InChI is InChI=1S/C14H23N3S/c1-2-7-15-8-13-9-16-14(18-13)17(12-5-6-12)10-11-3-4-11/h9,11-12,15H,2-8,10H2,1H3. The van der Waals surface area contributed by atoms with Crippen LogP contribution in [0, 0.1) is 5.92 Å². The Morgan fingerprint density at radius 1 is 1.39 bits per heavy atom. The van der Waals surface area contributed by atoms with Crippen LogP contribution in [0.5, 0.6) is 0 Å². The van der Waals surface area contributed by atoms with E-state index in [0.717, 1.165) is 25.0 Å². The molecule has 1 heterocycles. The number of anilines is 1. The number of aromatic nitrogens is 1. The van der Waals surface area contributed by atoms with Crippen molar-refractivity contribution in [1.82, 2.24) is 10.3 Å². The fourth-order valence-corrected chi connectivity index (χ4v) is 3.21. The lowest BCUT2D eigenvalue weighted by atomic mass is 10.4. The summed E-state index contributed by atoms with van der Waals surface area (Å²) >= 11 is 1.88. The third kappa shape index (κ3) is 3.23. The van der Waals surface area contributed by atoms with Gasteiger partial charge in [-0.2, -0.15) is 0 Å². The summed E-state index contributed by atoms with van der Waals surface area (Å²) in [4.78, 5) is 8.59. The Morgan fingerprint density at radius 2 is 2.22 bits per heavy atom. The van der Waals surface area contributed by atoms with E-state index in [1.165, 1.54) is 48.7 Å². The van der Waals surface area contributed by atoms with Crippen LogP contribution in [-0.2, 0) is 6.54 Å². The summed E-state index contributed by atoms with van der Waals surface area (Å²) in [7, 11) is 0. The second kappa shape index (κ2) is 5.57. The molecule has 2 saturated carbocycles. The van der Waals surface area contributed by atoms with Crippen molar-refractivity contribution < 1.29 is 0 Å². The Hall–Kier alpha value is -0.610. The van der Waals surface area contributed by atoms with Crippen molar-refractivity contribution >= 4 is 16.5 Å². The molecule has 0 saturated heterocycles. The fourth-order valence-electron chi connectivity index (χ4n) is 2.25. The maximum atomic E-state index is 4.64. The highest BCUT2D eigenvalue weighted by atomic mass is 32.1. The van der Waals surface area contributed by atoms with Crippen LogP contribution in [0.3, 0.4) is 0 Å². The molecule has 0 atom stereocenters. The smallest absolute Gasteiger partial charge is 0.185 e. The molecular weight excluding hydrogens is 242 g/mol. The van der Waals surface area contributed by atoms with E-state index in [1.54, 1.807) is 0 Å². The summed E-state index contributed by atoms with van der Waals surface area (Å²) in [6, 6.07) is 0.799. The highest BCUT2D eigenvalue weighted by molar-refractivity contribution is 7.15. The van der Waals surface area contributed by atoms with Gasteiger partial charge in [0, 0.05) is 30.2 Å².